The molecule has 4 atom stereocenters. The first-order valence-electron chi connectivity index (χ1n) is 11.6. The first-order valence-corrected chi connectivity index (χ1v) is 12.3. The van der Waals surface area contributed by atoms with Gasteiger partial charge in [-0.05, 0) is 91.3 Å². The van der Waals surface area contributed by atoms with Crippen molar-refractivity contribution in [2.24, 2.45) is 29.1 Å². The van der Waals surface area contributed by atoms with E-state index >= 15 is 0 Å². The monoisotopic (exact) mass is 523 g/mol. The van der Waals surface area contributed by atoms with Crippen LogP contribution >= 0.6 is 28.3 Å². The molecule has 0 unspecified atom stereocenters. The number of carbonyl (C=O) groups excluding carboxylic acids is 2. The van der Waals surface area contributed by atoms with Crippen molar-refractivity contribution in [3.63, 3.8) is 0 Å². The molecule has 5 rings (SSSR count). The van der Waals surface area contributed by atoms with Crippen LogP contribution in [0.2, 0.25) is 0 Å². The molecule has 2 N–H and O–H groups in total. The van der Waals surface area contributed by atoms with Gasteiger partial charge in [0.2, 0.25) is 11.8 Å². The van der Waals surface area contributed by atoms with Crippen LogP contribution in [-0.4, -0.2) is 52.9 Å². The molecule has 2 saturated carbocycles. The molecule has 32 heavy (non-hydrogen) atoms. The molecule has 1 spiro atoms. The Morgan fingerprint density at radius 2 is 1.72 bits per heavy atom. The van der Waals surface area contributed by atoms with Gasteiger partial charge in [-0.2, -0.15) is 0 Å². The molecule has 4 aliphatic rings. The third-order valence-electron chi connectivity index (χ3n) is 7.72. The number of unbranched alkanes of at least 4 members (excludes halogenated alkanes) is 1. The lowest BCUT2D eigenvalue weighted by atomic mass is 9.81. The molecule has 2 bridgehead atoms. The van der Waals surface area contributed by atoms with Crippen molar-refractivity contribution in [1.82, 2.24) is 20.2 Å². The van der Waals surface area contributed by atoms with Crippen LogP contribution in [0.15, 0.2) is 29.1 Å². The van der Waals surface area contributed by atoms with E-state index in [2.05, 4.69) is 53.6 Å². The number of carbonyl (C=O) groups is 2. The maximum atomic E-state index is 13.2. The van der Waals surface area contributed by atoms with Crippen LogP contribution in [0.25, 0.3) is 0 Å². The Bertz CT molecular complexity index is 870. The molecule has 1 saturated heterocycles. The maximum absolute atomic E-state index is 13.2. The summed E-state index contributed by atoms with van der Waals surface area (Å²) in [6.07, 6.45) is 14.4. The average molecular weight is 525 g/mol. The second-order valence-corrected chi connectivity index (χ2v) is 10.3. The summed E-state index contributed by atoms with van der Waals surface area (Å²) in [5, 5.41) is 6.05. The molecule has 1 aromatic rings. The smallest absolute Gasteiger partial charge is 0.230 e. The van der Waals surface area contributed by atoms with Gasteiger partial charge in [0.1, 0.15) is 4.60 Å². The van der Waals surface area contributed by atoms with Crippen LogP contribution in [0, 0.1) is 29.1 Å². The van der Waals surface area contributed by atoms with Crippen LogP contribution in [0.5, 0.6) is 0 Å². The van der Waals surface area contributed by atoms with E-state index in [1.54, 1.807) is 6.20 Å². The van der Waals surface area contributed by atoms with Gasteiger partial charge in [-0.25, -0.2) is 9.97 Å². The highest BCUT2D eigenvalue weighted by Crippen LogP contribution is 2.72. The zero-order valence-electron chi connectivity index (χ0n) is 18.1. The van der Waals surface area contributed by atoms with Gasteiger partial charge in [0, 0.05) is 6.54 Å². The number of anilines is 1. The van der Waals surface area contributed by atoms with E-state index in [1.807, 2.05) is 0 Å². The number of halogens is 2. The van der Waals surface area contributed by atoms with Gasteiger partial charge in [0.25, 0.3) is 0 Å². The lowest BCUT2D eigenvalue weighted by Gasteiger charge is -2.26. The fourth-order valence-electron chi connectivity index (χ4n) is 6.09. The van der Waals surface area contributed by atoms with Crippen molar-refractivity contribution in [2.45, 2.75) is 38.5 Å². The summed E-state index contributed by atoms with van der Waals surface area (Å²) in [6.45, 7) is 4.23. The average Bonchev–Trinajstić information content (AvgIpc) is 3.12. The van der Waals surface area contributed by atoms with E-state index in [9.17, 15) is 9.59 Å². The Balaban J connectivity index is 0.00000245. The summed E-state index contributed by atoms with van der Waals surface area (Å²) in [6, 6.07) is 0. The normalized spacial score (nSPS) is 29.2. The highest BCUT2D eigenvalue weighted by atomic mass is 79.9. The first-order chi connectivity index (χ1) is 15.1. The molecule has 1 aromatic heterocycles. The van der Waals surface area contributed by atoms with E-state index in [0.29, 0.717) is 17.0 Å². The molecule has 2 amide bonds. The van der Waals surface area contributed by atoms with Crippen molar-refractivity contribution in [1.29, 1.82) is 0 Å². The van der Waals surface area contributed by atoms with Crippen LogP contribution < -0.4 is 10.6 Å². The Kier molecular flexibility index (Phi) is 7.22. The second-order valence-electron chi connectivity index (χ2n) is 9.48. The fourth-order valence-corrected chi connectivity index (χ4v) is 6.30. The minimum atomic E-state index is -0.340. The van der Waals surface area contributed by atoms with E-state index < -0.39 is 0 Å². The predicted octanol–water partition coefficient (Wildman–Crippen LogP) is 3.42. The molecule has 0 radical (unpaired) electrons. The summed E-state index contributed by atoms with van der Waals surface area (Å²) < 4.78 is 0.618. The minimum Gasteiger partial charge on any atom is -0.356 e. The van der Waals surface area contributed by atoms with Crippen molar-refractivity contribution >= 4 is 46.0 Å². The number of likely N-dealkylation sites (tertiary alicyclic amines) is 1. The Morgan fingerprint density at radius 3 is 2.34 bits per heavy atom. The Morgan fingerprint density at radius 1 is 1.03 bits per heavy atom. The van der Waals surface area contributed by atoms with Gasteiger partial charge >= 0.3 is 0 Å². The Hall–Kier alpha value is -1.51. The van der Waals surface area contributed by atoms with Crippen molar-refractivity contribution in [3.8, 4) is 0 Å². The highest BCUT2D eigenvalue weighted by molar-refractivity contribution is 9.10. The molecule has 9 heteroatoms. The second kappa shape index (κ2) is 9.77. The minimum absolute atomic E-state index is 0. The van der Waals surface area contributed by atoms with Gasteiger partial charge in [0.15, 0.2) is 5.82 Å². The maximum Gasteiger partial charge on any atom is 0.230 e. The highest BCUT2D eigenvalue weighted by Gasteiger charge is 2.69. The number of hydrogen-bond donors (Lipinski definition) is 2. The molecular weight excluding hydrogens is 494 g/mol. The number of hydrogen-bond acceptors (Lipinski definition) is 5. The molecule has 2 heterocycles. The van der Waals surface area contributed by atoms with Gasteiger partial charge < -0.3 is 15.5 Å². The van der Waals surface area contributed by atoms with Gasteiger partial charge in [0.05, 0.1) is 24.2 Å². The summed E-state index contributed by atoms with van der Waals surface area (Å²) in [5.74, 6) is 0.0267. The van der Waals surface area contributed by atoms with E-state index in [-0.39, 0.29) is 53.3 Å². The topological polar surface area (TPSA) is 87.2 Å². The number of amides is 2. The Labute approximate surface area is 203 Å². The molecule has 3 fully saturated rings. The number of aromatic nitrogens is 2. The molecule has 0 aromatic carbocycles. The zero-order valence-corrected chi connectivity index (χ0v) is 20.5. The molecular formula is C23H31BrClN5O2. The summed E-state index contributed by atoms with van der Waals surface area (Å²) >= 11 is 3.26. The van der Waals surface area contributed by atoms with Crippen molar-refractivity contribution in [3.05, 3.63) is 29.1 Å². The van der Waals surface area contributed by atoms with E-state index in [4.69, 9.17) is 0 Å². The summed E-state index contributed by atoms with van der Waals surface area (Å²) in [5.41, 5.74) is 0.130. The molecule has 7 nitrogen and oxygen atoms in total. The van der Waals surface area contributed by atoms with Crippen molar-refractivity contribution < 1.29 is 9.59 Å². The summed E-state index contributed by atoms with van der Waals surface area (Å²) in [4.78, 5) is 37.3. The van der Waals surface area contributed by atoms with Crippen molar-refractivity contribution in [2.75, 3.05) is 31.5 Å². The number of rotatable bonds is 8. The van der Waals surface area contributed by atoms with E-state index in [1.165, 1.54) is 32.1 Å². The SMILES string of the molecule is Cl.O=C(NCCCCN1CCCC1)[C@H]1[C@H](C(=O)Nc2cnc(Br)cn2)[C@@H]2C=C[C@H]1C21CC1. The number of allylic oxidation sites excluding steroid dienone is 2. The van der Waals surface area contributed by atoms with Crippen LogP contribution in [0.1, 0.15) is 38.5 Å². The summed E-state index contributed by atoms with van der Waals surface area (Å²) in [7, 11) is 0. The van der Waals surface area contributed by atoms with Gasteiger partial charge in [-0.15, -0.1) is 12.4 Å². The van der Waals surface area contributed by atoms with Gasteiger partial charge in [-0.3, -0.25) is 9.59 Å². The quantitative estimate of drug-likeness (QED) is 0.402. The standard InChI is InChI=1S/C23H30BrN5O2.ClH/c24-17-13-27-18(14-26-17)28-22(31)20-16-6-5-15(23(16)7-8-23)19(20)21(30)25-9-1-2-10-29-11-3-4-12-29;/h5-6,13-16,19-20H,1-4,7-12H2,(H,25,30)(H,27,28,31);1H/t15-,16+,19-,20-;/m1./s1. The zero-order chi connectivity index (χ0) is 21.4. The van der Waals surface area contributed by atoms with Crippen LogP contribution in [-0.2, 0) is 9.59 Å². The number of nitrogens with one attached hydrogen (secondary N) is 2. The molecule has 3 aliphatic carbocycles. The van der Waals surface area contributed by atoms with Gasteiger partial charge in [-0.1, -0.05) is 12.2 Å². The van der Waals surface area contributed by atoms with Crippen LogP contribution in [0.3, 0.4) is 0 Å². The molecule has 1 aliphatic heterocycles. The fraction of sp³-hybridized carbons (Fsp3) is 0.652. The first kappa shape index (κ1) is 23.6. The van der Waals surface area contributed by atoms with Crippen LogP contribution in [0.4, 0.5) is 5.82 Å². The van der Waals surface area contributed by atoms with E-state index in [0.717, 1.165) is 32.2 Å². The molecule has 174 valence electrons. The third-order valence-corrected chi connectivity index (χ3v) is 8.13. The number of nitrogens with zero attached hydrogens (tertiary/aromatic N) is 3. The lowest BCUT2D eigenvalue weighted by Crippen LogP contribution is -2.42. The predicted molar refractivity (Wildman–Crippen MR) is 128 cm³/mol. The third kappa shape index (κ3) is 4.46. The lowest BCUT2D eigenvalue weighted by molar-refractivity contribution is -0.132. The largest absolute Gasteiger partial charge is 0.356 e.